The van der Waals surface area contributed by atoms with Gasteiger partial charge in [0.25, 0.3) is 0 Å². The van der Waals surface area contributed by atoms with Crippen molar-refractivity contribution in [3.8, 4) is 5.75 Å². The van der Waals surface area contributed by atoms with Crippen LogP contribution in [0.2, 0.25) is 0 Å². The van der Waals surface area contributed by atoms with Gasteiger partial charge >= 0.3 is 0 Å². The third kappa shape index (κ3) is 4.59. The number of aliphatic hydroxyl groups is 1. The fourth-order valence-electron chi connectivity index (χ4n) is 2.46. The van der Waals surface area contributed by atoms with Crippen molar-refractivity contribution in [3.63, 3.8) is 0 Å². The van der Waals surface area contributed by atoms with Crippen LogP contribution >= 0.6 is 0 Å². The number of nitrogens with one attached hydrogen (secondary N) is 1. The van der Waals surface area contributed by atoms with Gasteiger partial charge in [0.15, 0.2) is 0 Å². The number of allylic oxidation sites excluding steroid dienone is 1. The monoisotopic (exact) mass is 329 g/mol. The highest BCUT2D eigenvalue weighted by molar-refractivity contribution is 5.81. The quantitative estimate of drug-likeness (QED) is 0.665. The Hall–Kier alpha value is -2.33. The maximum absolute atomic E-state index is 14.1. The average molecular weight is 329 g/mol. The van der Waals surface area contributed by atoms with Crippen molar-refractivity contribution in [2.24, 2.45) is 0 Å². The molecule has 0 spiro atoms. The number of halogens is 1. The number of hydrogen-bond acceptors (Lipinski definition) is 3. The van der Waals surface area contributed by atoms with E-state index >= 15 is 0 Å². The molecule has 0 bridgehead atoms. The van der Waals surface area contributed by atoms with Gasteiger partial charge in [0.1, 0.15) is 11.6 Å². The number of anilines is 2. The van der Waals surface area contributed by atoms with Gasteiger partial charge in [0.2, 0.25) is 0 Å². The zero-order chi connectivity index (χ0) is 17.5. The predicted octanol–water partition coefficient (Wildman–Crippen LogP) is 5.06. The summed E-state index contributed by atoms with van der Waals surface area (Å²) in [6.07, 6.45) is 1.48. The van der Waals surface area contributed by atoms with Crippen LogP contribution in [0.5, 0.6) is 5.75 Å². The van der Waals surface area contributed by atoms with Gasteiger partial charge in [0.05, 0.1) is 12.3 Å². The lowest BCUT2D eigenvalue weighted by molar-refractivity contribution is 0.253. The summed E-state index contributed by atoms with van der Waals surface area (Å²) in [6.45, 7) is 8.44. The molecule has 0 unspecified atom stereocenters. The molecule has 0 atom stereocenters. The zero-order valence-electron chi connectivity index (χ0n) is 14.2. The van der Waals surface area contributed by atoms with Crippen molar-refractivity contribution >= 4 is 16.9 Å². The van der Waals surface area contributed by atoms with E-state index in [1.54, 1.807) is 6.07 Å². The summed E-state index contributed by atoms with van der Waals surface area (Å²) in [7, 11) is 0. The highest BCUT2D eigenvalue weighted by atomic mass is 19.1. The Labute approximate surface area is 142 Å². The van der Waals surface area contributed by atoms with E-state index < -0.39 is 0 Å². The molecule has 2 rings (SSSR count). The number of ether oxygens (including phenoxy) is 1. The summed E-state index contributed by atoms with van der Waals surface area (Å²) in [5.74, 6) is 0.412. The Balaban J connectivity index is 2.27. The molecule has 128 valence electrons. The number of hydrogen-bond donors (Lipinski definition) is 2. The minimum absolute atomic E-state index is 0.158. The minimum atomic E-state index is -0.295. The predicted molar refractivity (Wildman–Crippen MR) is 97.4 cm³/mol. The van der Waals surface area contributed by atoms with Gasteiger partial charge in [-0.2, -0.15) is 0 Å². The van der Waals surface area contributed by atoms with Gasteiger partial charge in [0, 0.05) is 17.9 Å². The van der Waals surface area contributed by atoms with E-state index in [1.165, 1.54) is 6.07 Å². The molecule has 3 nitrogen and oxygen atoms in total. The number of unbranched alkanes of at least 4 members (excludes halogenated alkanes) is 1. The molecule has 0 amide bonds. The molecule has 0 aliphatic rings. The molecule has 0 radical (unpaired) electrons. The van der Waals surface area contributed by atoms with Crippen molar-refractivity contribution in [1.82, 2.24) is 0 Å². The Morgan fingerprint density at radius 1 is 1.21 bits per heavy atom. The second-order valence-electron chi connectivity index (χ2n) is 5.85. The molecule has 0 aromatic heterocycles. The van der Waals surface area contributed by atoms with Crippen molar-refractivity contribution < 1.29 is 14.2 Å². The third-order valence-corrected chi connectivity index (χ3v) is 3.66. The molecular formula is C20H24FNO2. The van der Waals surface area contributed by atoms with Gasteiger partial charge in [-0.15, -0.1) is 0 Å². The molecule has 0 aliphatic heterocycles. The summed E-state index contributed by atoms with van der Waals surface area (Å²) in [5.41, 5.74) is 3.72. The maximum atomic E-state index is 14.1. The van der Waals surface area contributed by atoms with Crippen LogP contribution in [0.25, 0.3) is 5.57 Å². The molecule has 2 aromatic carbocycles. The Kier molecular flexibility index (Phi) is 6.38. The zero-order valence-corrected chi connectivity index (χ0v) is 14.2. The molecule has 0 saturated heterocycles. The molecule has 2 aromatic rings. The second-order valence-corrected chi connectivity index (χ2v) is 5.85. The normalized spacial score (nSPS) is 10.5. The van der Waals surface area contributed by atoms with Crippen LogP contribution in [-0.4, -0.2) is 18.3 Å². The van der Waals surface area contributed by atoms with Crippen molar-refractivity contribution in [1.29, 1.82) is 0 Å². The Morgan fingerprint density at radius 3 is 2.67 bits per heavy atom. The third-order valence-electron chi connectivity index (χ3n) is 3.66. The van der Waals surface area contributed by atoms with Gasteiger partial charge in [-0.05, 0) is 62.1 Å². The first-order valence-electron chi connectivity index (χ1n) is 8.08. The average Bonchev–Trinajstić information content (AvgIpc) is 2.54. The van der Waals surface area contributed by atoms with Gasteiger partial charge < -0.3 is 15.2 Å². The van der Waals surface area contributed by atoms with Gasteiger partial charge in [-0.25, -0.2) is 4.39 Å². The molecule has 0 saturated carbocycles. The highest BCUT2D eigenvalue weighted by Gasteiger charge is 2.12. The van der Waals surface area contributed by atoms with Crippen LogP contribution in [0.3, 0.4) is 0 Å². The maximum Gasteiger partial charge on any atom is 0.146 e. The lowest BCUT2D eigenvalue weighted by Gasteiger charge is -2.17. The summed E-state index contributed by atoms with van der Waals surface area (Å²) in [4.78, 5) is 0. The largest absolute Gasteiger partial charge is 0.493 e. The van der Waals surface area contributed by atoms with E-state index in [4.69, 9.17) is 9.84 Å². The van der Waals surface area contributed by atoms with Gasteiger partial charge in [-0.1, -0.05) is 18.7 Å². The fraction of sp³-hybridized carbons (Fsp3) is 0.300. The van der Waals surface area contributed by atoms with Crippen LogP contribution in [-0.2, 0) is 0 Å². The van der Waals surface area contributed by atoms with Crippen LogP contribution in [0.4, 0.5) is 15.8 Å². The smallest absolute Gasteiger partial charge is 0.146 e. The van der Waals surface area contributed by atoms with E-state index in [0.29, 0.717) is 24.5 Å². The lowest BCUT2D eigenvalue weighted by atomic mass is 10.0. The minimum Gasteiger partial charge on any atom is -0.493 e. The van der Waals surface area contributed by atoms with Crippen molar-refractivity contribution in [3.05, 3.63) is 59.9 Å². The Bertz CT molecular complexity index is 713. The van der Waals surface area contributed by atoms with Crippen LogP contribution in [0.15, 0.2) is 43.0 Å². The Morgan fingerprint density at radius 2 is 2.00 bits per heavy atom. The van der Waals surface area contributed by atoms with E-state index in [1.807, 2.05) is 38.1 Å². The molecular weight excluding hydrogens is 305 g/mol. The first-order valence-corrected chi connectivity index (χ1v) is 8.08. The molecule has 24 heavy (non-hydrogen) atoms. The summed E-state index contributed by atoms with van der Waals surface area (Å²) in [5, 5.41) is 12.0. The molecule has 2 N–H and O–H groups in total. The molecule has 0 aliphatic carbocycles. The number of benzene rings is 2. The van der Waals surface area contributed by atoms with E-state index in [0.717, 1.165) is 28.8 Å². The van der Waals surface area contributed by atoms with Crippen LogP contribution in [0.1, 0.15) is 30.9 Å². The van der Waals surface area contributed by atoms with Crippen LogP contribution < -0.4 is 10.1 Å². The molecule has 0 heterocycles. The second kappa shape index (κ2) is 8.50. The first-order chi connectivity index (χ1) is 11.5. The van der Waals surface area contributed by atoms with E-state index in [2.05, 4.69) is 11.9 Å². The van der Waals surface area contributed by atoms with Crippen molar-refractivity contribution in [2.75, 3.05) is 18.5 Å². The molecule has 4 heteroatoms. The van der Waals surface area contributed by atoms with Gasteiger partial charge in [-0.3, -0.25) is 0 Å². The lowest BCUT2D eigenvalue weighted by Crippen LogP contribution is -2.03. The number of aliphatic hydroxyl groups excluding tert-OH is 1. The topological polar surface area (TPSA) is 41.5 Å². The summed E-state index contributed by atoms with van der Waals surface area (Å²) < 4.78 is 19.9. The number of aryl methyl sites for hydroxylation is 1. The molecule has 0 fully saturated rings. The summed E-state index contributed by atoms with van der Waals surface area (Å²) in [6, 6.07) is 10.7. The van der Waals surface area contributed by atoms with Crippen LogP contribution in [0, 0.1) is 12.7 Å². The standard InChI is InChI=1S/C20H24FNO2/c1-14(2)20-18(22-17-10-9-15(3)13-16(17)21)7-6-8-19(20)24-12-5-4-11-23/h6-10,13,22-23H,1,4-5,11-12H2,2-3H3. The van der Waals surface area contributed by atoms with Crippen molar-refractivity contribution in [2.45, 2.75) is 26.7 Å². The fourth-order valence-corrected chi connectivity index (χ4v) is 2.46. The first kappa shape index (κ1) is 18.0. The summed E-state index contributed by atoms with van der Waals surface area (Å²) >= 11 is 0. The van der Waals surface area contributed by atoms with E-state index in [9.17, 15) is 4.39 Å². The van der Waals surface area contributed by atoms with E-state index in [-0.39, 0.29) is 12.4 Å². The number of rotatable bonds is 8. The SMILES string of the molecule is C=C(C)c1c(Nc2ccc(C)cc2F)cccc1OCCCCO. The highest BCUT2D eigenvalue weighted by Crippen LogP contribution is 2.34.